The minimum absolute atomic E-state index is 0.428. The summed E-state index contributed by atoms with van der Waals surface area (Å²) in [5.74, 6) is -0.428. The monoisotopic (exact) mass is 210 g/mol. The Labute approximate surface area is 90.9 Å². The molecule has 1 aromatic rings. The lowest BCUT2D eigenvalue weighted by atomic mass is 10.1. The van der Waals surface area contributed by atoms with Crippen molar-refractivity contribution in [3.8, 4) is 0 Å². The maximum Gasteiger partial charge on any atom is 0.212 e. The molecule has 2 nitrogen and oxygen atoms in total. The van der Waals surface area contributed by atoms with E-state index in [0.717, 1.165) is 31.4 Å². The maximum absolute atomic E-state index is 12.6. The van der Waals surface area contributed by atoms with Crippen molar-refractivity contribution in [3.05, 3.63) is 24.3 Å². The number of hydrogen-bond acceptors (Lipinski definition) is 2. The van der Waals surface area contributed by atoms with Gasteiger partial charge in [0.1, 0.15) is 0 Å². The summed E-state index contributed by atoms with van der Waals surface area (Å²) in [6, 6.07) is 3.60. The van der Waals surface area contributed by atoms with Gasteiger partial charge in [-0.1, -0.05) is 26.7 Å². The lowest BCUT2D eigenvalue weighted by Crippen LogP contribution is -2.18. The maximum atomic E-state index is 12.6. The molecule has 1 rings (SSSR count). The predicted octanol–water partition coefficient (Wildman–Crippen LogP) is 3.60. The number of anilines is 1. The average molecular weight is 210 g/mol. The van der Waals surface area contributed by atoms with Crippen LogP contribution in [-0.2, 0) is 0 Å². The quantitative estimate of drug-likeness (QED) is 0.726. The van der Waals surface area contributed by atoms with Gasteiger partial charge >= 0.3 is 0 Å². The van der Waals surface area contributed by atoms with Gasteiger partial charge < -0.3 is 5.32 Å². The van der Waals surface area contributed by atoms with E-state index in [0.29, 0.717) is 6.04 Å². The highest BCUT2D eigenvalue weighted by atomic mass is 19.1. The molecule has 0 saturated carbocycles. The molecule has 0 spiro atoms. The fourth-order valence-corrected chi connectivity index (χ4v) is 1.68. The molecule has 0 unspecified atom stereocenters. The van der Waals surface area contributed by atoms with Gasteiger partial charge in [0.25, 0.3) is 0 Å². The predicted molar refractivity (Wildman–Crippen MR) is 61.4 cm³/mol. The lowest BCUT2D eigenvalue weighted by molar-refractivity contribution is 0.576. The Kier molecular flexibility index (Phi) is 5.08. The summed E-state index contributed by atoms with van der Waals surface area (Å²) in [6.45, 7) is 4.35. The van der Waals surface area contributed by atoms with Crippen molar-refractivity contribution in [2.45, 2.75) is 45.6 Å². The molecular weight excluding hydrogens is 191 g/mol. The summed E-state index contributed by atoms with van der Waals surface area (Å²) in [7, 11) is 0. The number of aromatic nitrogens is 1. The van der Waals surface area contributed by atoms with E-state index in [9.17, 15) is 4.39 Å². The van der Waals surface area contributed by atoms with Crippen LogP contribution in [0, 0.1) is 5.95 Å². The number of nitrogens with zero attached hydrogens (tertiary/aromatic N) is 1. The molecule has 84 valence electrons. The number of pyridine rings is 1. The van der Waals surface area contributed by atoms with Gasteiger partial charge in [0.05, 0.1) is 11.9 Å². The molecule has 0 saturated heterocycles. The smallest absolute Gasteiger partial charge is 0.212 e. The molecule has 3 heteroatoms. The molecule has 0 bridgehead atoms. The molecule has 0 fully saturated rings. The largest absolute Gasteiger partial charge is 0.381 e. The van der Waals surface area contributed by atoms with E-state index in [1.165, 1.54) is 6.07 Å². The van der Waals surface area contributed by atoms with Crippen LogP contribution in [0.1, 0.15) is 39.5 Å². The zero-order chi connectivity index (χ0) is 11.1. The molecule has 0 radical (unpaired) electrons. The number of hydrogen-bond donors (Lipinski definition) is 1. The van der Waals surface area contributed by atoms with Crippen LogP contribution in [-0.4, -0.2) is 11.0 Å². The van der Waals surface area contributed by atoms with Gasteiger partial charge in [-0.25, -0.2) is 4.98 Å². The van der Waals surface area contributed by atoms with E-state index in [4.69, 9.17) is 0 Å². The number of halogens is 1. The summed E-state index contributed by atoms with van der Waals surface area (Å²) in [5, 5.41) is 3.38. The van der Waals surface area contributed by atoms with E-state index in [2.05, 4.69) is 24.1 Å². The van der Waals surface area contributed by atoms with Gasteiger partial charge in [0, 0.05) is 6.04 Å². The minimum atomic E-state index is -0.428. The Hall–Kier alpha value is -1.12. The van der Waals surface area contributed by atoms with Gasteiger partial charge in [0.15, 0.2) is 0 Å². The van der Waals surface area contributed by atoms with Gasteiger partial charge in [-0.2, -0.15) is 4.39 Å². The van der Waals surface area contributed by atoms with Crippen molar-refractivity contribution in [2.24, 2.45) is 0 Å². The fraction of sp³-hybridized carbons (Fsp3) is 0.583. The molecule has 0 aliphatic carbocycles. The Morgan fingerprint density at radius 3 is 2.40 bits per heavy atom. The summed E-state index contributed by atoms with van der Waals surface area (Å²) in [4.78, 5) is 3.62. The second-order valence-electron chi connectivity index (χ2n) is 3.79. The van der Waals surface area contributed by atoms with Crippen molar-refractivity contribution >= 4 is 5.69 Å². The molecular formula is C12H19FN2. The van der Waals surface area contributed by atoms with Gasteiger partial charge in [-0.15, -0.1) is 0 Å². The van der Waals surface area contributed by atoms with Crippen molar-refractivity contribution in [1.82, 2.24) is 4.98 Å². The molecule has 0 aliphatic rings. The van der Waals surface area contributed by atoms with E-state index >= 15 is 0 Å². The average Bonchev–Trinajstić information content (AvgIpc) is 2.22. The van der Waals surface area contributed by atoms with Crippen LogP contribution < -0.4 is 5.32 Å². The normalized spacial score (nSPS) is 10.7. The third-order valence-electron chi connectivity index (χ3n) is 2.37. The van der Waals surface area contributed by atoms with Crippen molar-refractivity contribution in [2.75, 3.05) is 5.32 Å². The Morgan fingerprint density at radius 2 is 1.93 bits per heavy atom. The molecule has 15 heavy (non-hydrogen) atoms. The Balaban J connectivity index is 2.53. The fourth-order valence-electron chi connectivity index (χ4n) is 1.68. The van der Waals surface area contributed by atoms with Crippen LogP contribution >= 0.6 is 0 Å². The highest BCUT2D eigenvalue weighted by molar-refractivity contribution is 5.40. The Morgan fingerprint density at radius 1 is 1.27 bits per heavy atom. The van der Waals surface area contributed by atoms with Gasteiger partial charge in [0.2, 0.25) is 5.95 Å². The first-order valence-electron chi connectivity index (χ1n) is 5.64. The third-order valence-corrected chi connectivity index (χ3v) is 2.37. The zero-order valence-corrected chi connectivity index (χ0v) is 9.46. The summed E-state index contributed by atoms with van der Waals surface area (Å²) >= 11 is 0. The summed E-state index contributed by atoms with van der Waals surface area (Å²) in [6.07, 6.45) is 6.16. The van der Waals surface area contributed by atoms with E-state index in [1.54, 1.807) is 12.3 Å². The first kappa shape index (κ1) is 12.0. The van der Waals surface area contributed by atoms with E-state index < -0.39 is 5.95 Å². The molecule has 1 aromatic heterocycles. The topological polar surface area (TPSA) is 24.9 Å². The van der Waals surface area contributed by atoms with Crippen LogP contribution in [0.5, 0.6) is 0 Å². The van der Waals surface area contributed by atoms with Crippen molar-refractivity contribution < 1.29 is 4.39 Å². The molecule has 0 aromatic carbocycles. The number of rotatable bonds is 6. The van der Waals surface area contributed by atoms with Gasteiger partial charge in [-0.05, 0) is 25.0 Å². The minimum Gasteiger partial charge on any atom is -0.381 e. The SMILES string of the molecule is CCCC(CCC)Nc1ccc(F)nc1. The Bertz CT molecular complexity index is 265. The second-order valence-corrected chi connectivity index (χ2v) is 3.79. The van der Waals surface area contributed by atoms with Crippen LogP contribution in [0.3, 0.4) is 0 Å². The molecule has 0 amide bonds. The molecule has 1 N–H and O–H groups in total. The zero-order valence-electron chi connectivity index (χ0n) is 9.46. The summed E-state index contributed by atoms with van der Waals surface area (Å²) in [5.41, 5.74) is 0.906. The molecule has 1 heterocycles. The van der Waals surface area contributed by atoms with Crippen LogP contribution in [0.25, 0.3) is 0 Å². The second kappa shape index (κ2) is 6.38. The van der Waals surface area contributed by atoms with Crippen molar-refractivity contribution in [1.29, 1.82) is 0 Å². The van der Waals surface area contributed by atoms with E-state index in [-0.39, 0.29) is 0 Å². The van der Waals surface area contributed by atoms with Crippen LogP contribution in [0.15, 0.2) is 18.3 Å². The summed E-state index contributed by atoms with van der Waals surface area (Å²) < 4.78 is 12.6. The third kappa shape index (κ3) is 4.28. The van der Waals surface area contributed by atoms with Crippen LogP contribution in [0.4, 0.5) is 10.1 Å². The van der Waals surface area contributed by atoms with Gasteiger partial charge in [-0.3, -0.25) is 0 Å². The lowest BCUT2D eigenvalue weighted by Gasteiger charge is -2.18. The van der Waals surface area contributed by atoms with E-state index in [1.807, 2.05) is 0 Å². The first-order chi connectivity index (χ1) is 7.26. The standard InChI is InChI=1S/C12H19FN2/c1-3-5-10(6-4-2)15-11-7-8-12(13)14-9-11/h7-10,15H,3-6H2,1-2H3. The highest BCUT2D eigenvalue weighted by Gasteiger charge is 2.06. The van der Waals surface area contributed by atoms with Crippen LogP contribution in [0.2, 0.25) is 0 Å². The highest BCUT2D eigenvalue weighted by Crippen LogP contribution is 2.13. The number of nitrogens with one attached hydrogen (secondary N) is 1. The van der Waals surface area contributed by atoms with Crippen molar-refractivity contribution in [3.63, 3.8) is 0 Å². The first-order valence-corrected chi connectivity index (χ1v) is 5.64. The molecule has 0 atom stereocenters. The molecule has 0 aliphatic heterocycles.